The fourth-order valence-corrected chi connectivity index (χ4v) is 3.57. The molecule has 1 heterocycles. The molecule has 1 N–H and O–H groups in total. The molecular formula is C20H17BrF7NO2. The molecule has 3 nitrogen and oxygen atoms in total. The third-order valence-electron chi connectivity index (χ3n) is 4.74. The van der Waals surface area contributed by atoms with Crippen LogP contribution in [0.15, 0.2) is 40.9 Å². The first-order valence-electron chi connectivity index (χ1n) is 9.11. The second-order valence-corrected chi connectivity index (χ2v) is 7.82. The Bertz CT molecular complexity index is 900. The molecule has 11 heteroatoms. The fraction of sp³-hybridized carbons (Fsp3) is 0.400. The number of benzene rings is 2. The quantitative estimate of drug-likeness (QED) is 0.478. The van der Waals surface area contributed by atoms with Gasteiger partial charge in [-0.05, 0) is 64.3 Å². The van der Waals surface area contributed by atoms with Crippen molar-refractivity contribution in [3.8, 4) is 0 Å². The molecule has 170 valence electrons. The zero-order valence-corrected chi connectivity index (χ0v) is 17.5. The van der Waals surface area contributed by atoms with Gasteiger partial charge in [-0.15, -0.1) is 0 Å². The van der Waals surface area contributed by atoms with E-state index in [9.17, 15) is 30.7 Å². The summed E-state index contributed by atoms with van der Waals surface area (Å²) in [5.74, 6) is -0.491. The first kappa shape index (κ1) is 24.0. The Morgan fingerprint density at radius 1 is 1.03 bits per heavy atom. The monoisotopic (exact) mass is 515 g/mol. The highest BCUT2D eigenvalue weighted by molar-refractivity contribution is 9.10. The normalized spacial score (nSPS) is 21.2. The zero-order chi connectivity index (χ0) is 23.0. The predicted molar refractivity (Wildman–Crippen MR) is 101 cm³/mol. The summed E-state index contributed by atoms with van der Waals surface area (Å²) in [4.78, 5) is 0. The van der Waals surface area contributed by atoms with Gasteiger partial charge < -0.3 is 14.8 Å². The number of hydrogen-bond donors (Lipinski definition) is 1. The van der Waals surface area contributed by atoms with Crippen molar-refractivity contribution in [3.63, 3.8) is 0 Å². The van der Waals surface area contributed by atoms with Crippen molar-refractivity contribution in [2.24, 2.45) is 0 Å². The Balaban J connectivity index is 1.89. The van der Waals surface area contributed by atoms with Gasteiger partial charge in [-0.25, -0.2) is 4.39 Å². The van der Waals surface area contributed by atoms with E-state index < -0.39 is 47.7 Å². The van der Waals surface area contributed by atoms with E-state index in [2.05, 4.69) is 21.2 Å². The summed E-state index contributed by atoms with van der Waals surface area (Å²) in [6.45, 7) is 1.98. The Morgan fingerprint density at radius 3 is 2.19 bits per heavy atom. The van der Waals surface area contributed by atoms with Gasteiger partial charge >= 0.3 is 12.4 Å². The molecule has 0 saturated carbocycles. The average molecular weight is 516 g/mol. The van der Waals surface area contributed by atoms with Gasteiger partial charge in [0, 0.05) is 6.54 Å². The van der Waals surface area contributed by atoms with Crippen LogP contribution in [0.2, 0.25) is 0 Å². The summed E-state index contributed by atoms with van der Waals surface area (Å²) in [6, 6.07) is 4.90. The largest absolute Gasteiger partial charge is 0.416 e. The minimum absolute atomic E-state index is 0.0632. The van der Waals surface area contributed by atoms with Gasteiger partial charge in [0.2, 0.25) is 0 Å². The molecule has 2 aromatic rings. The number of nitrogens with one attached hydrogen (secondary N) is 1. The van der Waals surface area contributed by atoms with Crippen LogP contribution in [0.1, 0.15) is 41.3 Å². The number of hydrogen-bond acceptors (Lipinski definition) is 3. The van der Waals surface area contributed by atoms with Crippen LogP contribution >= 0.6 is 15.9 Å². The Morgan fingerprint density at radius 2 is 1.65 bits per heavy atom. The van der Waals surface area contributed by atoms with Crippen LogP contribution in [0.5, 0.6) is 0 Å². The Labute approximate surface area is 181 Å². The molecule has 0 spiro atoms. The molecule has 1 fully saturated rings. The maximum Gasteiger partial charge on any atom is 0.416 e. The second kappa shape index (κ2) is 9.05. The van der Waals surface area contributed by atoms with E-state index >= 15 is 0 Å². The highest BCUT2D eigenvalue weighted by atomic mass is 79.9. The molecule has 0 aromatic heterocycles. The van der Waals surface area contributed by atoms with E-state index in [-0.39, 0.29) is 22.7 Å². The molecule has 3 atom stereocenters. The lowest BCUT2D eigenvalue weighted by Crippen LogP contribution is -2.43. The molecule has 1 aliphatic heterocycles. The molecule has 1 saturated heterocycles. The van der Waals surface area contributed by atoms with E-state index in [0.29, 0.717) is 24.2 Å². The number of halogens is 8. The summed E-state index contributed by atoms with van der Waals surface area (Å²) < 4.78 is 104. The fourth-order valence-electron chi connectivity index (χ4n) is 3.17. The highest BCUT2D eigenvalue weighted by Gasteiger charge is 2.38. The van der Waals surface area contributed by atoms with Crippen LogP contribution in [0, 0.1) is 5.82 Å². The minimum atomic E-state index is -4.96. The van der Waals surface area contributed by atoms with Gasteiger partial charge in [0.25, 0.3) is 0 Å². The third-order valence-corrected chi connectivity index (χ3v) is 5.35. The van der Waals surface area contributed by atoms with E-state index in [1.165, 1.54) is 25.1 Å². The Hall–Kier alpha value is -1.69. The lowest BCUT2D eigenvalue weighted by molar-refractivity contribution is -0.200. The molecule has 2 aromatic carbocycles. The summed E-state index contributed by atoms with van der Waals surface area (Å²) in [5, 5.41) is 3.11. The summed E-state index contributed by atoms with van der Waals surface area (Å²) >= 11 is 3.08. The third kappa shape index (κ3) is 5.76. The molecular weight excluding hydrogens is 499 g/mol. The van der Waals surface area contributed by atoms with Crippen molar-refractivity contribution in [2.75, 3.05) is 13.2 Å². The number of morpholine rings is 1. The summed E-state index contributed by atoms with van der Waals surface area (Å²) in [5.41, 5.74) is -2.57. The van der Waals surface area contributed by atoms with Gasteiger partial charge in [0.1, 0.15) is 5.82 Å². The molecule has 3 rings (SSSR count). The van der Waals surface area contributed by atoms with E-state index in [1.807, 2.05) is 0 Å². The van der Waals surface area contributed by atoms with Crippen LogP contribution in [0.3, 0.4) is 0 Å². The zero-order valence-electron chi connectivity index (χ0n) is 16.0. The van der Waals surface area contributed by atoms with Gasteiger partial charge in [-0.3, -0.25) is 0 Å². The molecule has 0 amide bonds. The highest BCUT2D eigenvalue weighted by Crippen LogP contribution is 2.39. The van der Waals surface area contributed by atoms with E-state index in [1.54, 1.807) is 0 Å². The number of rotatable bonds is 4. The first-order valence-corrected chi connectivity index (χ1v) is 9.90. The van der Waals surface area contributed by atoms with Crippen molar-refractivity contribution in [1.29, 1.82) is 0 Å². The molecule has 31 heavy (non-hydrogen) atoms. The predicted octanol–water partition coefficient (Wildman–Crippen LogP) is 6.39. The standard InChI is InChI=1S/C20H17BrF7NO2/c1-10(12-6-13(19(23,24)25)9-14(7-12)20(26,27)28)31-18-17(29-4-5-30-18)11-2-3-16(22)15(21)8-11/h2-3,6-10,17-18,29H,4-5H2,1H3/t10-,17+,18-/m1/s1. The maximum absolute atomic E-state index is 13.5. The SMILES string of the molecule is C[C@@H](O[C@H]1OCCN[C@H]1c1ccc(F)c(Br)c1)c1cc(C(F)(F)F)cc(C(F)(F)F)c1. The van der Waals surface area contributed by atoms with Gasteiger partial charge in [-0.2, -0.15) is 26.3 Å². The summed E-state index contributed by atoms with van der Waals surface area (Å²) in [7, 11) is 0. The molecule has 0 bridgehead atoms. The van der Waals surface area contributed by atoms with Crippen LogP contribution < -0.4 is 5.32 Å². The topological polar surface area (TPSA) is 30.5 Å². The van der Waals surface area contributed by atoms with Crippen LogP contribution in [0.4, 0.5) is 30.7 Å². The molecule has 0 aliphatic carbocycles. The number of alkyl halides is 6. The smallest absolute Gasteiger partial charge is 0.349 e. The minimum Gasteiger partial charge on any atom is -0.349 e. The van der Waals surface area contributed by atoms with Crippen LogP contribution in [0.25, 0.3) is 0 Å². The van der Waals surface area contributed by atoms with Crippen molar-refractivity contribution in [3.05, 3.63) is 68.9 Å². The van der Waals surface area contributed by atoms with Gasteiger partial charge in [0.05, 0.1) is 34.4 Å². The van der Waals surface area contributed by atoms with Crippen molar-refractivity contribution < 1.29 is 40.2 Å². The first-order chi connectivity index (χ1) is 14.4. The van der Waals surface area contributed by atoms with E-state index in [4.69, 9.17) is 9.47 Å². The van der Waals surface area contributed by atoms with Crippen molar-refractivity contribution in [1.82, 2.24) is 5.32 Å². The summed E-state index contributed by atoms with van der Waals surface area (Å²) in [6.07, 6.45) is -12.1. The lowest BCUT2D eigenvalue weighted by atomic mass is 10.0. The van der Waals surface area contributed by atoms with Gasteiger partial charge in [-0.1, -0.05) is 6.07 Å². The maximum atomic E-state index is 13.5. The van der Waals surface area contributed by atoms with Crippen LogP contribution in [-0.4, -0.2) is 19.4 Å². The van der Waals surface area contributed by atoms with E-state index in [0.717, 1.165) is 0 Å². The second-order valence-electron chi connectivity index (χ2n) is 6.96. The molecule has 0 unspecified atom stereocenters. The number of ether oxygens (including phenoxy) is 2. The lowest BCUT2D eigenvalue weighted by Gasteiger charge is -2.35. The van der Waals surface area contributed by atoms with Gasteiger partial charge in [0.15, 0.2) is 6.29 Å². The molecule has 0 radical (unpaired) electrons. The Kier molecular flexibility index (Phi) is 6.99. The van der Waals surface area contributed by atoms with Crippen LogP contribution in [-0.2, 0) is 21.8 Å². The average Bonchev–Trinajstić information content (AvgIpc) is 2.69. The van der Waals surface area contributed by atoms with Crippen molar-refractivity contribution in [2.45, 2.75) is 37.7 Å². The molecule has 1 aliphatic rings. The van der Waals surface area contributed by atoms with Crippen molar-refractivity contribution >= 4 is 15.9 Å².